The van der Waals surface area contributed by atoms with E-state index >= 15 is 0 Å². The lowest BCUT2D eigenvalue weighted by molar-refractivity contribution is -0.110. The molecule has 3 aromatic rings. The van der Waals surface area contributed by atoms with Crippen molar-refractivity contribution in [1.82, 2.24) is 19.8 Å². The third kappa shape index (κ3) is 3.86. The number of nitrogens with two attached hydrogens (primary N) is 1. The van der Waals surface area contributed by atoms with Gasteiger partial charge in [0.05, 0.1) is 17.0 Å². The summed E-state index contributed by atoms with van der Waals surface area (Å²) in [5, 5.41) is 15.4. The number of aliphatic hydroxyl groups is 1. The molecule has 3 heterocycles. The summed E-state index contributed by atoms with van der Waals surface area (Å²) < 4.78 is 2.11. The predicted octanol–water partition coefficient (Wildman–Crippen LogP) is 3.40. The molecule has 2 aliphatic heterocycles. The standard InChI is InChI=1S/C29H35N5O2/c30-18-20-7-6-8-21(17-20)26-25-19-31-14-16-33(25)27(32-26)28(35)34-15-13-29(36,22-9-2-1-3-10-22)23-11-4-5-12-24(23)34/h1-3,6-10,17,23-24,31,36H,4-5,11-16,18-19,30H2. The minimum absolute atomic E-state index is 0.00797. The van der Waals surface area contributed by atoms with Gasteiger partial charge in [0.25, 0.3) is 5.91 Å². The molecular weight excluding hydrogens is 450 g/mol. The highest BCUT2D eigenvalue weighted by Crippen LogP contribution is 2.47. The molecule has 7 heteroatoms. The highest BCUT2D eigenvalue weighted by atomic mass is 16.3. The average molecular weight is 486 g/mol. The number of likely N-dealkylation sites (tertiary alicyclic amines) is 1. The molecule has 1 saturated carbocycles. The maximum atomic E-state index is 14.2. The number of aromatic nitrogens is 2. The minimum atomic E-state index is -0.896. The molecule has 0 radical (unpaired) electrons. The molecule has 2 fully saturated rings. The Labute approximate surface area is 212 Å². The van der Waals surface area contributed by atoms with E-state index in [2.05, 4.69) is 16.0 Å². The van der Waals surface area contributed by atoms with Gasteiger partial charge in [-0.25, -0.2) is 4.98 Å². The van der Waals surface area contributed by atoms with Gasteiger partial charge in [0.1, 0.15) is 0 Å². The molecule has 0 spiro atoms. The number of nitrogens with one attached hydrogen (secondary N) is 1. The molecule has 2 aromatic carbocycles. The van der Waals surface area contributed by atoms with Crippen LogP contribution >= 0.6 is 0 Å². The Hall–Kier alpha value is -3.00. The van der Waals surface area contributed by atoms with Crippen LogP contribution in [-0.4, -0.2) is 44.6 Å². The number of fused-ring (bicyclic) bond motifs is 2. The summed E-state index contributed by atoms with van der Waals surface area (Å²) >= 11 is 0. The second kappa shape index (κ2) is 9.47. The zero-order valence-electron chi connectivity index (χ0n) is 20.7. The molecule has 188 valence electrons. The van der Waals surface area contributed by atoms with Crippen LogP contribution in [0.3, 0.4) is 0 Å². The molecule has 3 aliphatic rings. The number of benzene rings is 2. The number of hydrogen-bond donors (Lipinski definition) is 3. The molecule has 0 bridgehead atoms. The van der Waals surface area contributed by atoms with Crippen LogP contribution in [-0.2, 0) is 25.2 Å². The number of nitrogens with zero attached hydrogens (tertiary/aromatic N) is 3. The number of imidazole rings is 1. The fourth-order valence-corrected chi connectivity index (χ4v) is 6.69. The van der Waals surface area contributed by atoms with E-state index in [4.69, 9.17) is 10.7 Å². The quantitative estimate of drug-likeness (QED) is 0.526. The normalized spacial score (nSPS) is 25.8. The van der Waals surface area contributed by atoms with Crippen LogP contribution in [0.5, 0.6) is 0 Å². The van der Waals surface area contributed by atoms with Gasteiger partial charge >= 0.3 is 0 Å². The predicted molar refractivity (Wildman–Crippen MR) is 139 cm³/mol. The first-order valence-electron chi connectivity index (χ1n) is 13.3. The van der Waals surface area contributed by atoms with Crippen LogP contribution in [0.25, 0.3) is 11.3 Å². The van der Waals surface area contributed by atoms with Crippen molar-refractivity contribution in [1.29, 1.82) is 0 Å². The van der Waals surface area contributed by atoms with Gasteiger partial charge in [-0.3, -0.25) is 4.79 Å². The number of carbonyl (C=O) groups is 1. The Bertz CT molecular complexity index is 1260. The van der Waals surface area contributed by atoms with Crippen molar-refractivity contribution in [3.05, 3.63) is 77.2 Å². The fourth-order valence-electron chi connectivity index (χ4n) is 6.69. The van der Waals surface area contributed by atoms with Gasteiger partial charge in [-0.05, 0) is 36.5 Å². The largest absolute Gasteiger partial charge is 0.385 e. The Balaban J connectivity index is 1.36. The summed E-state index contributed by atoms with van der Waals surface area (Å²) in [5.74, 6) is 0.546. The number of amides is 1. The third-order valence-electron chi connectivity index (χ3n) is 8.52. The van der Waals surface area contributed by atoms with Crippen molar-refractivity contribution in [2.45, 2.75) is 63.4 Å². The summed E-state index contributed by atoms with van der Waals surface area (Å²) in [4.78, 5) is 21.2. The van der Waals surface area contributed by atoms with Crippen molar-refractivity contribution in [2.75, 3.05) is 13.1 Å². The zero-order chi connectivity index (χ0) is 24.7. The van der Waals surface area contributed by atoms with Gasteiger partial charge < -0.3 is 25.6 Å². The molecule has 6 rings (SSSR count). The Morgan fingerprint density at radius 1 is 1.11 bits per heavy atom. The smallest absolute Gasteiger partial charge is 0.290 e. The number of hydrogen-bond acceptors (Lipinski definition) is 5. The summed E-state index contributed by atoms with van der Waals surface area (Å²) in [7, 11) is 0. The van der Waals surface area contributed by atoms with Gasteiger partial charge in [0, 0.05) is 50.2 Å². The summed E-state index contributed by atoms with van der Waals surface area (Å²) in [6, 6.07) is 18.2. The molecule has 1 aromatic heterocycles. The fraction of sp³-hybridized carbons (Fsp3) is 0.448. The number of piperidine rings is 1. The molecule has 1 aliphatic carbocycles. The third-order valence-corrected chi connectivity index (χ3v) is 8.52. The van der Waals surface area contributed by atoms with Crippen molar-refractivity contribution >= 4 is 5.91 Å². The van der Waals surface area contributed by atoms with Crippen molar-refractivity contribution in [3.8, 4) is 11.3 Å². The van der Waals surface area contributed by atoms with Crippen molar-refractivity contribution in [3.63, 3.8) is 0 Å². The van der Waals surface area contributed by atoms with E-state index in [1.165, 1.54) is 0 Å². The van der Waals surface area contributed by atoms with Gasteiger partial charge in [-0.1, -0.05) is 61.4 Å². The lowest BCUT2D eigenvalue weighted by atomic mass is 9.66. The van der Waals surface area contributed by atoms with Crippen LogP contribution in [0.4, 0.5) is 0 Å². The first-order valence-corrected chi connectivity index (χ1v) is 13.3. The molecule has 1 saturated heterocycles. The Kier molecular flexibility index (Phi) is 6.15. The molecule has 36 heavy (non-hydrogen) atoms. The van der Waals surface area contributed by atoms with E-state index < -0.39 is 5.60 Å². The van der Waals surface area contributed by atoms with E-state index in [-0.39, 0.29) is 17.9 Å². The average Bonchev–Trinajstić information content (AvgIpc) is 3.33. The van der Waals surface area contributed by atoms with Crippen LogP contribution in [0, 0.1) is 5.92 Å². The van der Waals surface area contributed by atoms with Gasteiger partial charge in [0.15, 0.2) is 5.82 Å². The zero-order valence-corrected chi connectivity index (χ0v) is 20.7. The molecular formula is C29H35N5O2. The van der Waals surface area contributed by atoms with Crippen LogP contribution < -0.4 is 11.1 Å². The van der Waals surface area contributed by atoms with E-state index in [1.54, 1.807) is 0 Å². The maximum Gasteiger partial charge on any atom is 0.290 e. The monoisotopic (exact) mass is 485 g/mol. The molecule has 4 N–H and O–H groups in total. The highest BCUT2D eigenvalue weighted by Gasteiger charge is 2.51. The maximum absolute atomic E-state index is 14.2. The van der Waals surface area contributed by atoms with Gasteiger partial charge in [-0.2, -0.15) is 0 Å². The summed E-state index contributed by atoms with van der Waals surface area (Å²) in [5.41, 5.74) is 9.93. The SMILES string of the molecule is NCc1cccc(-c2nc(C(=O)N3CCC(O)(c4ccccc4)C4CCCCC43)n3c2CNCC3)c1. The molecule has 3 unspecified atom stereocenters. The molecule has 3 atom stereocenters. The second-order valence-electron chi connectivity index (χ2n) is 10.5. The minimum Gasteiger partial charge on any atom is -0.385 e. The number of rotatable bonds is 4. The molecule has 7 nitrogen and oxygen atoms in total. The van der Waals surface area contributed by atoms with E-state index in [9.17, 15) is 9.90 Å². The summed E-state index contributed by atoms with van der Waals surface area (Å²) in [6.07, 6.45) is 4.57. The van der Waals surface area contributed by atoms with Crippen LogP contribution in [0.2, 0.25) is 0 Å². The Morgan fingerprint density at radius 3 is 2.78 bits per heavy atom. The Morgan fingerprint density at radius 2 is 1.94 bits per heavy atom. The molecule has 1 amide bonds. The van der Waals surface area contributed by atoms with E-state index in [0.29, 0.717) is 31.9 Å². The van der Waals surface area contributed by atoms with Crippen molar-refractivity contribution < 1.29 is 9.90 Å². The first-order chi connectivity index (χ1) is 17.6. The highest BCUT2D eigenvalue weighted by molar-refractivity contribution is 5.92. The van der Waals surface area contributed by atoms with E-state index in [0.717, 1.165) is 66.9 Å². The lowest BCUT2D eigenvalue weighted by Gasteiger charge is -2.52. The van der Waals surface area contributed by atoms with Crippen molar-refractivity contribution in [2.24, 2.45) is 11.7 Å². The topological polar surface area (TPSA) is 96.4 Å². The lowest BCUT2D eigenvalue weighted by Crippen LogP contribution is -2.59. The number of carbonyl (C=O) groups excluding carboxylic acids is 1. The van der Waals surface area contributed by atoms with Crippen LogP contribution in [0.15, 0.2) is 54.6 Å². The first kappa shape index (κ1) is 23.4. The summed E-state index contributed by atoms with van der Waals surface area (Å²) in [6.45, 7) is 3.21. The van der Waals surface area contributed by atoms with Gasteiger partial charge in [-0.15, -0.1) is 0 Å². The van der Waals surface area contributed by atoms with E-state index in [1.807, 2.05) is 53.4 Å². The second-order valence-corrected chi connectivity index (χ2v) is 10.5. The van der Waals surface area contributed by atoms with Gasteiger partial charge in [0.2, 0.25) is 0 Å². The van der Waals surface area contributed by atoms with Crippen LogP contribution in [0.1, 0.15) is 59.5 Å².